The Morgan fingerprint density at radius 2 is 1.35 bits per heavy atom. The van der Waals surface area contributed by atoms with Crippen LogP contribution >= 0.6 is 0 Å². The summed E-state index contributed by atoms with van der Waals surface area (Å²) in [6.07, 6.45) is 0.745. The van der Waals surface area contributed by atoms with Gasteiger partial charge in [-0.05, 0) is 61.2 Å². The van der Waals surface area contributed by atoms with Crippen LogP contribution in [0.2, 0.25) is 0 Å². The van der Waals surface area contributed by atoms with Crippen LogP contribution in [0.15, 0.2) is 42.5 Å². The van der Waals surface area contributed by atoms with Gasteiger partial charge in [-0.25, -0.2) is 0 Å². The molecule has 0 radical (unpaired) electrons. The molecular weight excluding hydrogens is 288 g/mol. The molecule has 0 aromatic heterocycles. The highest BCUT2D eigenvalue weighted by Crippen LogP contribution is 2.14. The molecule has 120 valence electrons. The summed E-state index contributed by atoms with van der Waals surface area (Å²) >= 11 is 0. The van der Waals surface area contributed by atoms with E-state index in [2.05, 4.69) is 17.6 Å². The van der Waals surface area contributed by atoms with Crippen molar-refractivity contribution in [3.8, 4) is 0 Å². The first-order valence-corrected chi connectivity index (χ1v) is 7.73. The first kappa shape index (κ1) is 16.7. The van der Waals surface area contributed by atoms with Gasteiger partial charge in [0.15, 0.2) is 0 Å². The molecule has 0 heterocycles. The van der Waals surface area contributed by atoms with Gasteiger partial charge in [0.2, 0.25) is 11.8 Å². The fraction of sp³-hybridized carbons (Fsp3) is 0.263. The maximum absolute atomic E-state index is 12.0. The molecule has 2 aromatic carbocycles. The summed E-state index contributed by atoms with van der Waals surface area (Å²) in [5.41, 5.74) is 4.76. The van der Waals surface area contributed by atoms with E-state index in [1.54, 1.807) is 0 Å². The predicted molar refractivity (Wildman–Crippen MR) is 93.6 cm³/mol. The van der Waals surface area contributed by atoms with Gasteiger partial charge in [0.1, 0.15) is 6.42 Å². The van der Waals surface area contributed by atoms with Crippen molar-refractivity contribution in [2.75, 3.05) is 10.6 Å². The second-order valence-electron chi connectivity index (χ2n) is 5.70. The number of carbonyl (C=O) groups excluding carboxylic acids is 2. The molecule has 0 bridgehead atoms. The van der Waals surface area contributed by atoms with Crippen LogP contribution in [-0.2, 0) is 16.0 Å². The quantitative estimate of drug-likeness (QED) is 0.825. The van der Waals surface area contributed by atoms with E-state index in [1.165, 1.54) is 5.56 Å². The predicted octanol–water partition coefficient (Wildman–Crippen LogP) is 3.83. The summed E-state index contributed by atoms with van der Waals surface area (Å²) < 4.78 is 0. The fourth-order valence-electron chi connectivity index (χ4n) is 2.43. The van der Waals surface area contributed by atoms with E-state index < -0.39 is 0 Å². The van der Waals surface area contributed by atoms with Crippen molar-refractivity contribution in [3.63, 3.8) is 0 Å². The number of anilines is 2. The SMILES string of the molecule is CCc1ccc(NC(=O)CC(=O)Nc2cc(C)cc(C)c2)cc1. The number of amides is 2. The molecule has 0 saturated heterocycles. The number of benzene rings is 2. The molecule has 0 unspecified atom stereocenters. The lowest BCUT2D eigenvalue weighted by molar-refractivity contribution is -0.123. The van der Waals surface area contributed by atoms with Crippen molar-refractivity contribution in [1.29, 1.82) is 0 Å². The van der Waals surface area contributed by atoms with Crippen LogP contribution in [0.4, 0.5) is 11.4 Å². The smallest absolute Gasteiger partial charge is 0.233 e. The molecule has 0 fully saturated rings. The summed E-state index contributed by atoms with van der Waals surface area (Å²) in [5.74, 6) is -0.645. The Morgan fingerprint density at radius 1 is 0.826 bits per heavy atom. The van der Waals surface area contributed by atoms with Gasteiger partial charge < -0.3 is 10.6 Å². The van der Waals surface area contributed by atoms with Crippen LogP contribution < -0.4 is 10.6 Å². The van der Waals surface area contributed by atoms with E-state index in [0.29, 0.717) is 11.4 Å². The van der Waals surface area contributed by atoms with Gasteiger partial charge in [-0.1, -0.05) is 25.1 Å². The lowest BCUT2D eigenvalue weighted by Crippen LogP contribution is -2.21. The van der Waals surface area contributed by atoms with E-state index in [-0.39, 0.29) is 18.2 Å². The van der Waals surface area contributed by atoms with Gasteiger partial charge in [-0.2, -0.15) is 0 Å². The van der Waals surface area contributed by atoms with Crippen molar-refractivity contribution in [2.24, 2.45) is 0 Å². The molecule has 2 amide bonds. The second-order valence-corrected chi connectivity index (χ2v) is 5.70. The second kappa shape index (κ2) is 7.58. The molecule has 2 rings (SSSR count). The Bertz CT molecular complexity index is 686. The first-order chi connectivity index (χ1) is 11.0. The molecule has 0 aliphatic heterocycles. The van der Waals surface area contributed by atoms with Gasteiger partial charge >= 0.3 is 0 Å². The normalized spacial score (nSPS) is 10.2. The molecule has 2 aromatic rings. The summed E-state index contributed by atoms with van der Waals surface area (Å²) in [5, 5.41) is 5.49. The highest BCUT2D eigenvalue weighted by atomic mass is 16.2. The van der Waals surface area contributed by atoms with E-state index in [9.17, 15) is 9.59 Å². The topological polar surface area (TPSA) is 58.2 Å². The van der Waals surface area contributed by atoms with Gasteiger partial charge in [0.25, 0.3) is 0 Å². The van der Waals surface area contributed by atoms with Crippen LogP contribution in [0.3, 0.4) is 0 Å². The average Bonchev–Trinajstić information content (AvgIpc) is 2.46. The van der Waals surface area contributed by atoms with Crippen molar-refractivity contribution >= 4 is 23.2 Å². The zero-order chi connectivity index (χ0) is 16.8. The molecule has 4 nitrogen and oxygen atoms in total. The van der Waals surface area contributed by atoms with E-state index >= 15 is 0 Å². The molecule has 0 aliphatic carbocycles. The third kappa shape index (κ3) is 5.25. The van der Waals surface area contributed by atoms with E-state index in [4.69, 9.17) is 0 Å². The lowest BCUT2D eigenvalue weighted by Gasteiger charge is -2.08. The highest BCUT2D eigenvalue weighted by molar-refractivity contribution is 6.08. The number of nitrogens with one attached hydrogen (secondary N) is 2. The van der Waals surface area contributed by atoms with E-state index in [1.807, 2.05) is 56.3 Å². The van der Waals surface area contributed by atoms with Crippen LogP contribution in [-0.4, -0.2) is 11.8 Å². The van der Waals surface area contributed by atoms with Crippen molar-refractivity contribution in [3.05, 3.63) is 59.2 Å². The summed E-state index contributed by atoms with van der Waals surface area (Å²) in [6, 6.07) is 13.4. The summed E-state index contributed by atoms with van der Waals surface area (Å²) in [4.78, 5) is 23.9. The van der Waals surface area contributed by atoms with Gasteiger partial charge in [0.05, 0.1) is 0 Å². The average molecular weight is 310 g/mol. The Kier molecular flexibility index (Phi) is 5.52. The van der Waals surface area contributed by atoms with E-state index in [0.717, 1.165) is 17.5 Å². The lowest BCUT2D eigenvalue weighted by atomic mass is 10.1. The number of rotatable bonds is 5. The minimum Gasteiger partial charge on any atom is -0.326 e. The number of carbonyl (C=O) groups is 2. The van der Waals surface area contributed by atoms with Crippen LogP contribution in [0.5, 0.6) is 0 Å². The van der Waals surface area contributed by atoms with Crippen molar-refractivity contribution in [2.45, 2.75) is 33.6 Å². The molecule has 4 heteroatoms. The third-order valence-electron chi connectivity index (χ3n) is 3.47. The largest absolute Gasteiger partial charge is 0.326 e. The molecule has 0 saturated carbocycles. The Hall–Kier alpha value is -2.62. The van der Waals surface area contributed by atoms with Crippen LogP contribution in [0.1, 0.15) is 30.0 Å². The molecule has 0 atom stereocenters. The maximum atomic E-state index is 12.0. The summed E-state index contributed by atoms with van der Waals surface area (Å²) in [6.45, 7) is 6.01. The molecule has 0 spiro atoms. The number of hydrogen-bond donors (Lipinski definition) is 2. The minimum atomic E-state index is -0.323. The van der Waals surface area contributed by atoms with Crippen LogP contribution in [0, 0.1) is 13.8 Å². The standard InChI is InChI=1S/C19H22N2O2/c1-4-15-5-7-16(8-6-15)20-18(22)12-19(23)21-17-10-13(2)9-14(3)11-17/h5-11H,4,12H2,1-3H3,(H,20,22)(H,21,23). The van der Waals surface area contributed by atoms with Crippen molar-refractivity contribution in [1.82, 2.24) is 0 Å². The molecule has 0 aliphatic rings. The monoisotopic (exact) mass is 310 g/mol. The Balaban J connectivity index is 1.90. The Labute approximate surface area is 136 Å². The van der Waals surface area contributed by atoms with Crippen molar-refractivity contribution < 1.29 is 9.59 Å². The number of aryl methyl sites for hydroxylation is 3. The zero-order valence-electron chi connectivity index (χ0n) is 13.8. The van der Waals surface area contributed by atoms with Gasteiger partial charge in [0, 0.05) is 11.4 Å². The molecule has 23 heavy (non-hydrogen) atoms. The van der Waals surface area contributed by atoms with Gasteiger partial charge in [-0.15, -0.1) is 0 Å². The number of hydrogen-bond acceptors (Lipinski definition) is 2. The minimum absolute atomic E-state index is 0.206. The maximum Gasteiger partial charge on any atom is 0.233 e. The Morgan fingerprint density at radius 3 is 1.87 bits per heavy atom. The molecular formula is C19H22N2O2. The zero-order valence-corrected chi connectivity index (χ0v) is 13.8. The first-order valence-electron chi connectivity index (χ1n) is 7.73. The summed E-state index contributed by atoms with van der Waals surface area (Å²) in [7, 11) is 0. The third-order valence-corrected chi connectivity index (χ3v) is 3.47. The highest BCUT2D eigenvalue weighted by Gasteiger charge is 2.10. The molecule has 2 N–H and O–H groups in total. The fourth-order valence-corrected chi connectivity index (χ4v) is 2.43. The van der Waals surface area contributed by atoms with Gasteiger partial charge in [-0.3, -0.25) is 9.59 Å². The van der Waals surface area contributed by atoms with Crippen LogP contribution in [0.25, 0.3) is 0 Å².